The summed E-state index contributed by atoms with van der Waals surface area (Å²) >= 11 is 0. The zero-order valence-corrected chi connectivity index (χ0v) is 15.7. The van der Waals surface area contributed by atoms with E-state index >= 15 is 0 Å². The highest BCUT2D eigenvalue weighted by atomic mass is 35.5. The highest BCUT2D eigenvalue weighted by Gasteiger charge is 2.24. The van der Waals surface area contributed by atoms with Gasteiger partial charge in [-0.2, -0.15) is 0 Å². The third-order valence-corrected chi connectivity index (χ3v) is 6.22. The fourth-order valence-corrected chi connectivity index (χ4v) is 5.07. The molecule has 5 rings (SSSR count). The summed E-state index contributed by atoms with van der Waals surface area (Å²) in [7, 11) is 0. The molecule has 2 aliphatic rings. The molecule has 0 atom stereocenters. The first kappa shape index (κ1) is 16.9. The van der Waals surface area contributed by atoms with Crippen molar-refractivity contribution >= 4 is 34.2 Å². The largest absolute Gasteiger partial charge is 0.339 e. The van der Waals surface area contributed by atoms with Crippen LogP contribution in [-0.2, 0) is 13.0 Å². The molecule has 1 aromatic carbocycles. The molecule has 3 heterocycles. The summed E-state index contributed by atoms with van der Waals surface area (Å²) < 4.78 is 2.64. The molecule has 0 radical (unpaired) electrons. The lowest BCUT2D eigenvalue weighted by molar-refractivity contribution is 0.437. The summed E-state index contributed by atoms with van der Waals surface area (Å²) in [5.74, 6) is 0.664. The van der Waals surface area contributed by atoms with Crippen molar-refractivity contribution in [2.45, 2.75) is 70.3 Å². The Morgan fingerprint density at radius 2 is 1.64 bits per heavy atom. The van der Waals surface area contributed by atoms with Gasteiger partial charge in [0.2, 0.25) is 0 Å². The number of pyridine rings is 1. The number of hydrogen-bond donors (Lipinski definition) is 0. The standard InChI is InChI=1S/C22H26N2.ClH/c1-3-8-16(9-4-1)20-22-19(13-14-23-20)18-12-7-11-17-10-5-2-6-15-24(22)21(17)18;/h7,11-14,16H,1-6,8-10,15H2;1H. The number of aromatic nitrogens is 2. The van der Waals surface area contributed by atoms with Crippen molar-refractivity contribution < 1.29 is 0 Å². The van der Waals surface area contributed by atoms with Gasteiger partial charge in [-0.3, -0.25) is 4.98 Å². The smallest absolute Gasteiger partial charge is 0.0713 e. The number of nitrogens with zero attached hydrogens (tertiary/aromatic N) is 2. The maximum absolute atomic E-state index is 4.92. The second kappa shape index (κ2) is 6.99. The van der Waals surface area contributed by atoms with Gasteiger partial charge in [0.05, 0.1) is 16.7 Å². The van der Waals surface area contributed by atoms with E-state index in [0.29, 0.717) is 5.92 Å². The van der Waals surface area contributed by atoms with Crippen molar-refractivity contribution in [1.29, 1.82) is 0 Å². The van der Waals surface area contributed by atoms with Crippen LogP contribution in [-0.4, -0.2) is 9.55 Å². The third kappa shape index (κ3) is 2.75. The lowest BCUT2D eigenvalue weighted by Gasteiger charge is -2.23. The third-order valence-electron chi connectivity index (χ3n) is 6.22. The molecule has 0 unspecified atom stereocenters. The Hall–Kier alpha value is -1.54. The summed E-state index contributed by atoms with van der Waals surface area (Å²) in [6, 6.07) is 9.17. The van der Waals surface area contributed by atoms with Crippen molar-refractivity contribution in [3.63, 3.8) is 0 Å². The van der Waals surface area contributed by atoms with Crippen molar-refractivity contribution in [3.05, 3.63) is 41.7 Å². The molecular formula is C22H27ClN2. The van der Waals surface area contributed by atoms with Gasteiger partial charge in [-0.1, -0.05) is 43.9 Å². The van der Waals surface area contributed by atoms with Crippen LogP contribution < -0.4 is 0 Å². The topological polar surface area (TPSA) is 17.8 Å². The van der Waals surface area contributed by atoms with Gasteiger partial charge in [0.25, 0.3) is 0 Å². The van der Waals surface area contributed by atoms with Gasteiger partial charge in [0.15, 0.2) is 0 Å². The van der Waals surface area contributed by atoms with E-state index in [-0.39, 0.29) is 12.4 Å². The molecule has 1 aliphatic carbocycles. The maximum atomic E-state index is 4.92. The molecule has 0 saturated heterocycles. The van der Waals surface area contributed by atoms with E-state index in [4.69, 9.17) is 4.98 Å². The molecule has 2 nitrogen and oxygen atoms in total. The number of para-hydroxylation sites is 1. The van der Waals surface area contributed by atoms with Gasteiger partial charge in [0, 0.05) is 29.4 Å². The van der Waals surface area contributed by atoms with Crippen LogP contribution in [0, 0.1) is 0 Å². The van der Waals surface area contributed by atoms with E-state index < -0.39 is 0 Å². The molecule has 132 valence electrons. The minimum atomic E-state index is 0. The normalized spacial score (nSPS) is 18.7. The second-order valence-electron chi connectivity index (χ2n) is 7.70. The quantitative estimate of drug-likeness (QED) is 0.495. The van der Waals surface area contributed by atoms with E-state index in [0.717, 1.165) is 6.54 Å². The molecule has 0 bridgehead atoms. The van der Waals surface area contributed by atoms with Crippen LogP contribution in [0.5, 0.6) is 0 Å². The van der Waals surface area contributed by atoms with Gasteiger partial charge < -0.3 is 4.57 Å². The molecule has 3 aromatic rings. The monoisotopic (exact) mass is 354 g/mol. The Morgan fingerprint density at radius 1 is 0.840 bits per heavy atom. The van der Waals surface area contributed by atoms with E-state index in [9.17, 15) is 0 Å². The van der Waals surface area contributed by atoms with Crippen LogP contribution in [0.4, 0.5) is 0 Å². The van der Waals surface area contributed by atoms with Crippen LogP contribution in [0.15, 0.2) is 30.5 Å². The van der Waals surface area contributed by atoms with E-state index in [1.165, 1.54) is 90.9 Å². The molecule has 0 N–H and O–H groups in total. The Bertz CT molecular complexity index is 890. The van der Waals surface area contributed by atoms with E-state index in [1.807, 2.05) is 0 Å². The fraction of sp³-hybridized carbons (Fsp3) is 0.500. The Labute approximate surface area is 156 Å². The number of hydrogen-bond acceptors (Lipinski definition) is 1. The van der Waals surface area contributed by atoms with Gasteiger partial charge in [0.1, 0.15) is 0 Å². The van der Waals surface area contributed by atoms with Gasteiger partial charge >= 0.3 is 0 Å². The maximum Gasteiger partial charge on any atom is 0.0713 e. The van der Waals surface area contributed by atoms with Gasteiger partial charge in [-0.05, 0) is 43.7 Å². The molecular weight excluding hydrogens is 328 g/mol. The molecule has 1 fully saturated rings. The zero-order chi connectivity index (χ0) is 15.9. The Balaban J connectivity index is 0.00000157. The summed E-state index contributed by atoms with van der Waals surface area (Å²) in [5.41, 5.74) is 5.87. The number of rotatable bonds is 1. The fourth-order valence-electron chi connectivity index (χ4n) is 5.07. The van der Waals surface area contributed by atoms with Crippen LogP contribution in [0.2, 0.25) is 0 Å². The van der Waals surface area contributed by atoms with Crippen molar-refractivity contribution in [2.24, 2.45) is 0 Å². The number of benzene rings is 1. The first-order valence-corrected chi connectivity index (χ1v) is 9.82. The van der Waals surface area contributed by atoms with Crippen molar-refractivity contribution in [2.75, 3.05) is 0 Å². The Kier molecular flexibility index (Phi) is 4.73. The van der Waals surface area contributed by atoms with Gasteiger partial charge in [-0.25, -0.2) is 0 Å². The highest BCUT2D eigenvalue weighted by Crippen LogP contribution is 2.40. The lowest BCUT2D eigenvalue weighted by atomic mass is 9.86. The first-order valence-electron chi connectivity index (χ1n) is 9.82. The zero-order valence-electron chi connectivity index (χ0n) is 14.8. The highest BCUT2D eigenvalue weighted by molar-refractivity contribution is 6.09. The molecule has 1 saturated carbocycles. The first-order chi connectivity index (χ1) is 11.9. The molecule has 1 aliphatic heterocycles. The number of aryl methyl sites for hydroxylation is 2. The molecule has 0 spiro atoms. The van der Waals surface area contributed by atoms with Crippen molar-refractivity contribution in [3.8, 4) is 0 Å². The molecule has 25 heavy (non-hydrogen) atoms. The minimum Gasteiger partial charge on any atom is -0.339 e. The van der Waals surface area contributed by atoms with Gasteiger partial charge in [-0.15, -0.1) is 12.4 Å². The predicted octanol–water partition coefficient (Wildman–Crippen LogP) is 6.39. The SMILES string of the molecule is Cl.c1cc2c3c(c1)c1ccnc(C4CCCCC4)c1n3CCCCC2. The molecule has 2 aromatic heterocycles. The second-order valence-corrected chi connectivity index (χ2v) is 7.70. The average Bonchev–Trinajstić information content (AvgIpc) is 2.94. The van der Waals surface area contributed by atoms with Crippen LogP contribution >= 0.6 is 12.4 Å². The van der Waals surface area contributed by atoms with E-state index in [1.54, 1.807) is 0 Å². The number of fused-ring (bicyclic) bond motifs is 3. The van der Waals surface area contributed by atoms with E-state index in [2.05, 4.69) is 35.0 Å². The minimum absolute atomic E-state index is 0. The average molecular weight is 355 g/mol. The Morgan fingerprint density at radius 3 is 2.52 bits per heavy atom. The summed E-state index contributed by atoms with van der Waals surface area (Å²) in [4.78, 5) is 4.92. The summed E-state index contributed by atoms with van der Waals surface area (Å²) in [6.45, 7) is 1.16. The van der Waals surface area contributed by atoms with Crippen LogP contribution in [0.1, 0.15) is 68.5 Å². The van der Waals surface area contributed by atoms with Crippen LogP contribution in [0.25, 0.3) is 21.8 Å². The molecule has 3 heteroatoms. The summed E-state index contributed by atoms with van der Waals surface area (Å²) in [5, 5.41) is 2.88. The number of halogens is 1. The molecule has 0 amide bonds. The lowest BCUT2D eigenvalue weighted by Crippen LogP contribution is -2.10. The summed E-state index contributed by atoms with van der Waals surface area (Å²) in [6.07, 6.45) is 14.0. The van der Waals surface area contributed by atoms with Crippen molar-refractivity contribution in [1.82, 2.24) is 9.55 Å². The predicted molar refractivity (Wildman–Crippen MR) is 108 cm³/mol. The van der Waals surface area contributed by atoms with Crippen LogP contribution in [0.3, 0.4) is 0 Å².